The van der Waals surface area contributed by atoms with E-state index in [1.807, 2.05) is 17.2 Å². The van der Waals surface area contributed by atoms with Crippen LogP contribution >= 0.6 is 11.3 Å². The maximum absolute atomic E-state index is 13.0. The Balaban J connectivity index is 1.35. The van der Waals surface area contributed by atoms with Gasteiger partial charge in [0.25, 0.3) is 0 Å². The molecule has 5 nitrogen and oxygen atoms in total. The summed E-state index contributed by atoms with van der Waals surface area (Å²) in [6, 6.07) is 16.7. The van der Waals surface area contributed by atoms with E-state index in [2.05, 4.69) is 58.8 Å². The van der Waals surface area contributed by atoms with E-state index in [1.165, 1.54) is 22.3 Å². The molecule has 2 heterocycles. The minimum atomic E-state index is -0.258. The molecule has 3 aromatic rings. The highest BCUT2D eigenvalue weighted by Gasteiger charge is 2.33. The summed E-state index contributed by atoms with van der Waals surface area (Å²) in [5, 5.41) is 6.36. The fourth-order valence-electron chi connectivity index (χ4n) is 4.35. The Morgan fingerprint density at radius 2 is 1.86 bits per heavy atom. The molecule has 0 radical (unpaired) electrons. The molecule has 1 aliphatic heterocycles. The van der Waals surface area contributed by atoms with Gasteiger partial charge in [0.1, 0.15) is 11.6 Å². The van der Waals surface area contributed by atoms with Gasteiger partial charge in [-0.3, -0.25) is 4.90 Å². The van der Waals surface area contributed by atoms with Gasteiger partial charge in [0.15, 0.2) is 0 Å². The summed E-state index contributed by atoms with van der Waals surface area (Å²) in [4.78, 5) is 19.4. The van der Waals surface area contributed by atoms with E-state index in [9.17, 15) is 4.79 Å². The van der Waals surface area contributed by atoms with E-state index in [-0.39, 0.29) is 18.1 Å². The Morgan fingerprint density at radius 3 is 2.52 bits per heavy atom. The molecule has 0 saturated carbocycles. The van der Waals surface area contributed by atoms with Gasteiger partial charge in [0.05, 0.1) is 6.04 Å². The quantitative estimate of drug-likeness (QED) is 0.704. The number of fused-ring (bicyclic) bond motifs is 3. The minimum Gasteiger partial charge on any atom is -0.448 e. The van der Waals surface area contributed by atoms with Gasteiger partial charge in [0.2, 0.25) is 0 Å². The molecule has 1 aromatic heterocycles. The van der Waals surface area contributed by atoms with E-state index in [4.69, 9.17) is 4.74 Å². The number of hydrogen-bond donors (Lipinski definition) is 1. The lowest BCUT2D eigenvalue weighted by molar-refractivity contribution is 0.0751. The summed E-state index contributed by atoms with van der Waals surface area (Å²) in [6.07, 6.45) is -0.258. The van der Waals surface area contributed by atoms with Crippen molar-refractivity contribution in [1.82, 2.24) is 15.2 Å². The third kappa shape index (κ3) is 3.32. The van der Waals surface area contributed by atoms with Gasteiger partial charge in [-0.05, 0) is 29.2 Å². The van der Waals surface area contributed by atoms with Crippen LogP contribution in [0, 0.1) is 6.92 Å². The number of ether oxygens (including phenoxy) is 1. The molecular weight excluding hydrogens is 382 g/mol. The first-order valence-electron chi connectivity index (χ1n) is 9.97. The Hall–Kier alpha value is -2.70. The third-order valence-electron chi connectivity index (χ3n) is 5.74. The fraction of sp³-hybridized carbons (Fsp3) is 0.304. The maximum Gasteiger partial charge on any atom is 0.410 e. The van der Waals surface area contributed by atoms with Crippen LogP contribution < -0.4 is 5.32 Å². The zero-order valence-electron chi connectivity index (χ0n) is 16.3. The summed E-state index contributed by atoms with van der Waals surface area (Å²) in [7, 11) is 0. The number of carbonyl (C=O) groups excluding carboxylic acids is 1. The van der Waals surface area contributed by atoms with E-state index >= 15 is 0 Å². The van der Waals surface area contributed by atoms with Crippen LogP contribution in [0.1, 0.15) is 33.8 Å². The number of thiazole rings is 1. The van der Waals surface area contributed by atoms with Crippen molar-refractivity contribution in [2.45, 2.75) is 18.9 Å². The molecule has 2 aliphatic rings. The van der Waals surface area contributed by atoms with Crippen molar-refractivity contribution in [1.29, 1.82) is 0 Å². The topological polar surface area (TPSA) is 54.5 Å². The largest absolute Gasteiger partial charge is 0.448 e. The molecule has 29 heavy (non-hydrogen) atoms. The second kappa shape index (κ2) is 7.61. The fourth-order valence-corrected chi connectivity index (χ4v) is 5.25. The van der Waals surface area contributed by atoms with Crippen molar-refractivity contribution in [3.05, 3.63) is 75.7 Å². The predicted molar refractivity (Wildman–Crippen MR) is 114 cm³/mol. The normalized spacial score (nSPS) is 18.4. The first kappa shape index (κ1) is 18.3. The average molecular weight is 406 g/mol. The Labute approximate surface area is 174 Å². The highest BCUT2D eigenvalue weighted by Crippen LogP contribution is 2.44. The molecule has 1 unspecified atom stereocenters. The molecule has 1 fully saturated rings. The van der Waals surface area contributed by atoms with E-state index < -0.39 is 0 Å². The van der Waals surface area contributed by atoms with Crippen LogP contribution in [0.3, 0.4) is 0 Å². The molecule has 6 heteroatoms. The number of amides is 1. The first-order valence-corrected chi connectivity index (χ1v) is 10.8. The van der Waals surface area contributed by atoms with Crippen LogP contribution in [0.5, 0.6) is 0 Å². The number of hydrogen-bond acceptors (Lipinski definition) is 5. The number of carbonyl (C=O) groups is 1. The highest BCUT2D eigenvalue weighted by atomic mass is 32.1. The van der Waals surface area contributed by atoms with Crippen molar-refractivity contribution >= 4 is 17.4 Å². The summed E-state index contributed by atoms with van der Waals surface area (Å²) in [5.74, 6) is 0.0785. The molecule has 2 aromatic carbocycles. The second-order valence-corrected chi connectivity index (χ2v) is 8.43. The molecule has 1 amide bonds. The lowest BCUT2D eigenvalue weighted by Crippen LogP contribution is -2.49. The molecule has 1 saturated heterocycles. The first-order chi connectivity index (χ1) is 14.2. The Bertz CT molecular complexity index is 1000. The average Bonchev–Trinajstić information content (AvgIpc) is 3.33. The minimum absolute atomic E-state index is 0.0712. The van der Waals surface area contributed by atoms with Crippen LogP contribution in [0.4, 0.5) is 4.79 Å². The van der Waals surface area contributed by atoms with Crippen LogP contribution in [-0.4, -0.2) is 42.2 Å². The number of rotatable bonds is 3. The van der Waals surface area contributed by atoms with Crippen molar-refractivity contribution < 1.29 is 9.53 Å². The molecule has 1 N–H and O–H groups in total. The molecule has 148 valence electrons. The molecule has 1 atom stereocenters. The summed E-state index contributed by atoms with van der Waals surface area (Å²) >= 11 is 1.60. The van der Waals surface area contributed by atoms with Crippen molar-refractivity contribution in [2.24, 2.45) is 0 Å². The zero-order valence-corrected chi connectivity index (χ0v) is 17.1. The molecular formula is C23H23N3O2S. The number of nitrogens with zero attached hydrogens (tertiary/aromatic N) is 2. The lowest BCUT2D eigenvalue weighted by atomic mass is 9.98. The van der Waals surface area contributed by atoms with Crippen molar-refractivity contribution in [2.75, 3.05) is 26.2 Å². The van der Waals surface area contributed by atoms with Crippen molar-refractivity contribution in [3.8, 4) is 11.1 Å². The molecule has 1 aliphatic carbocycles. The van der Waals surface area contributed by atoms with Gasteiger partial charge in [-0.1, -0.05) is 48.5 Å². The van der Waals surface area contributed by atoms with Gasteiger partial charge >= 0.3 is 6.09 Å². The van der Waals surface area contributed by atoms with Gasteiger partial charge in [0, 0.05) is 36.6 Å². The molecule has 0 bridgehead atoms. The van der Waals surface area contributed by atoms with E-state index in [1.54, 1.807) is 11.3 Å². The van der Waals surface area contributed by atoms with E-state index in [0.717, 1.165) is 17.2 Å². The number of benzene rings is 2. The van der Waals surface area contributed by atoms with Gasteiger partial charge in [-0.2, -0.15) is 0 Å². The summed E-state index contributed by atoms with van der Waals surface area (Å²) in [5.41, 5.74) is 5.93. The summed E-state index contributed by atoms with van der Waals surface area (Å²) in [6.45, 7) is 4.43. The van der Waals surface area contributed by atoms with Crippen molar-refractivity contribution in [3.63, 3.8) is 0 Å². The highest BCUT2D eigenvalue weighted by molar-refractivity contribution is 7.09. The monoisotopic (exact) mass is 405 g/mol. The summed E-state index contributed by atoms with van der Waals surface area (Å²) < 4.78 is 5.87. The molecule has 5 rings (SSSR count). The predicted octanol–water partition coefficient (Wildman–Crippen LogP) is 4.35. The Morgan fingerprint density at radius 1 is 1.17 bits per heavy atom. The zero-order chi connectivity index (χ0) is 19.8. The number of nitrogens with one attached hydrogen (secondary N) is 1. The van der Waals surface area contributed by atoms with Gasteiger partial charge < -0.3 is 10.1 Å². The van der Waals surface area contributed by atoms with Gasteiger partial charge in [-0.25, -0.2) is 9.78 Å². The number of aromatic nitrogens is 1. The smallest absolute Gasteiger partial charge is 0.410 e. The van der Waals surface area contributed by atoms with Crippen LogP contribution in [-0.2, 0) is 4.74 Å². The van der Waals surface area contributed by atoms with Crippen LogP contribution in [0.25, 0.3) is 11.1 Å². The van der Waals surface area contributed by atoms with Crippen LogP contribution in [0.2, 0.25) is 0 Å². The third-order valence-corrected chi connectivity index (χ3v) is 6.80. The Kier molecular flexibility index (Phi) is 4.81. The SMILES string of the molecule is Cc1csc(C2CNCCN2C(=O)OCC2c3ccccc3-c3ccccc32)n1. The molecule has 0 spiro atoms. The van der Waals surface area contributed by atoms with Gasteiger partial charge in [-0.15, -0.1) is 11.3 Å². The standard InChI is InChI=1S/C23H23N3O2S/c1-15-14-29-22(25-15)21-12-24-10-11-26(21)23(27)28-13-20-18-8-4-2-6-16(18)17-7-3-5-9-19(17)20/h2-9,14,20-21,24H,10-13H2,1H3. The maximum atomic E-state index is 13.0. The number of aryl methyl sites for hydroxylation is 1. The van der Waals surface area contributed by atoms with Crippen LogP contribution in [0.15, 0.2) is 53.9 Å². The lowest BCUT2D eigenvalue weighted by Gasteiger charge is -2.34. The number of piperazine rings is 1. The van der Waals surface area contributed by atoms with E-state index in [0.29, 0.717) is 19.7 Å². The second-order valence-electron chi connectivity index (χ2n) is 7.54.